The van der Waals surface area contributed by atoms with E-state index in [1.165, 1.54) is 25.7 Å². The highest BCUT2D eigenvalue weighted by Crippen LogP contribution is 2.29. The molecule has 1 aromatic carbocycles. The zero-order chi connectivity index (χ0) is 12.1. The number of hydrogen-bond donors (Lipinski definition) is 1. The second kappa shape index (κ2) is 6.41. The van der Waals surface area contributed by atoms with Crippen molar-refractivity contribution in [2.24, 2.45) is 0 Å². The van der Waals surface area contributed by atoms with E-state index in [9.17, 15) is 0 Å². The smallest absolute Gasteiger partial charge is 0.133 e. The molecule has 1 fully saturated rings. The van der Waals surface area contributed by atoms with Gasteiger partial charge in [-0.25, -0.2) is 0 Å². The molecule has 1 N–H and O–H groups in total. The Labute approximate surface area is 111 Å². The molecule has 0 heterocycles. The van der Waals surface area contributed by atoms with Crippen molar-refractivity contribution in [2.75, 3.05) is 0 Å². The molecule has 0 aliphatic heterocycles. The summed E-state index contributed by atoms with van der Waals surface area (Å²) in [6.45, 7) is 0.0717. The highest BCUT2D eigenvalue weighted by Gasteiger charge is 2.15. The molecule has 0 unspecified atom stereocenters. The quantitative estimate of drug-likeness (QED) is 0.853. The average Bonchev–Trinajstić information content (AvgIpc) is 2.60. The van der Waals surface area contributed by atoms with Gasteiger partial charge in [0.25, 0.3) is 0 Å². The molecule has 1 aliphatic rings. The van der Waals surface area contributed by atoms with E-state index in [-0.39, 0.29) is 6.61 Å². The standard InChI is InChI=1S/C14H19BrO2/c15-13-9-11(10-16)7-8-14(13)17-12-5-3-1-2-4-6-12/h7-9,12,16H,1-6,10H2. The average molecular weight is 299 g/mol. The molecule has 2 rings (SSSR count). The maximum atomic E-state index is 9.05. The van der Waals surface area contributed by atoms with Crippen LogP contribution in [0.4, 0.5) is 0 Å². The van der Waals surface area contributed by atoms with Crippen LogP contribution in [0.2, 0.25) is 0 Å². The van der Waals surface area contributed by atoms with E-state index in [0.717, 1.165) is 28.6 Å². The fourth-order valence-corrected chi connectivity index (χ4v) is 2.80. The lowest BCUT2D eigenvalue weighted by Crippen LogP contribution is -2.15. The molecule has 0 amide bonds. The zero-order valence-corrected chi connectivity index (χ0v) is 11.6. The minimum absolute atomic E-state index is 0.0717. The first-order valence-corrected chi connectivity index (χ1v) is 7.15. The van der Waals surface area contributed by atoms with Crippen molar-refractivity contribution in [1.29, 1.82) is 0 Å². The first kappa shape index (κ1) is 12.9. The van der Waals surface area contributed by atoms with Gasteiger partial charge in [0.1, 0.15) is 5.75 Å². The Morgan fingerprint density at radius 2 is 1.88 bits per heavy atom. The van der Waals surface area contributed by atoms with Crippen LogP contribution in [0.15, 0.2) is 22.7 Å². The van der Waals surface area contributed by atoms with Gasteiger partial charge < -0.3 is 9.84 Å². The van der Waals surface area contributed by atoms with E-state index in [1.54, 1.807) is 0 Å². The molecule has 1 aromatic rings. The second-order valence-electron chi connectivity index (χ2n) is 4.65. The Kier molecular flexibility index (Phi) is 4.86. The van der Waals surface area contributed by atoms with Crippen LogP contribution in [0.5, 0.6) is 5.75 Å². The molecule has 0 saturated heterocycles. The molecule has 0 radical (unpaired) electrons. The van der Waals surface area contributed by atoms with Gasteiger partial charge in [-0.2, -0.15) is 0 Å². The molecule has 3 heteroatoms. The van der Waals surface area contributed by atoms with E-state index < -0.39 is 0 Å². The Bertz CT molecular complexity index is 357. The summed E-state index contributed by atoms with van der Waals surface area (Å²) < 4.78 is 6.98. The van der Waals surface area contributed by atoms with Crippen LogP contribution in [-0.4, -0.2) is 11.2 Å². The molecule has 0 spiro atoms. The third kappa shape index (κ3) is 3.71. The maximum absolute atomic E-state index is 9.05. The number of aliphatic hydroxyl groups excluding tert-OH is 1. The summed E-state index contributed by atoms with van der Waals surface area (Å²) in [5.41, 5.74) is 0.907. The topological polar surface area (TPSA) is 29.5 Å². The number of benzene rings is 1. The lowest BCUT2D eigenvalue weighted by molar-refractivity contribution is 0.182. The van der Waals surface area contributed by atoms with Gasteiger partial charge in [-0.15, -0.1) is 0 Å². The lowest BCUT2D eigenvalue weighted by Gasteiger charge is -2.18. The maximum Gasteiger partial charge on any atom is 0.133 e. The van der Waals surface area contributed by atoms with Crippen molar-refractivity contribution in [2.45, 2.75) is 51.2 Å². The highest BCUT2D eigenvalue weighted by molar-refractivity contribution is 9.10. The van der Waals surface area contributed by atoms with Gasteiger partial charge in [-0.05, 0) is 59.3 Å². The van der Waals surface area contributed by atoms with E-state index in [4.69, 9.17) is 9.84 Å². The Hall–Kier alpha value is -0.540. The molecule has 2 nitrogen and oxygen atoms in total. The van der Waals surface area contributed by atoms with Crippen molar-refractivity contribution >= 4 is 15.9 Å². The summed E-state index contributed by atoms with van der Waals surface area (Å²) >= 11 is 3.50. The van der Waals surface area contributed by atoms with E-state index in [2.05, 4.69) is 15.9 Å². The largest absolute Gasteiger partial charge is 0.489 e. The van der Waals surface area contributed by atoms with Crippen molar-refractivity contribution in [3.63, 3.8) is 0 Å². The third-order valence-electron chi connectivity index (χ3n) is 3.27. The fraction of sp³-hybridized carbons (Fsp3) is 0.571. The van der Waals surface area contributed by atoms with E-state index >= 15 is 0 Å². The van der Waals surface area contributed by atoms with Gasteiger partial charge in [-0.1, -0.05) is 18.9 Å². The number of aliphatic hydroxyl groups is 1. The second-order valence-corrected chi connectivity index (χ2v) is 5.51. The van der Waals surface area contributed by atoms with E-state index in [1.807, 2.05) is 18.2 Å². The minimum atomic E-state index is 0.0717. The van der Waals surface area contributed by atoms with Crippen LogP contribution >= 0.6 is 15.9 Å². The summed E-state index contributed by atoms with van der Waals surface area (Å²) in [5, 5.41) is 9.05. The third-order valence-corrected chi connectivity index (χ3v) is 3.89. The molecule has 0 bridgehead atoms. The molecule has 94 valence electrons. The molecule has 0 atom stereocenters. The predicted octanol–water partition coefficient (Wildman–Crippen LogP) is 4.04. The van der Waals surface area contributed by atoms with Gasteiger partial charge in [0.15, 0.2) is 0 Å². The summed E-state index contributed by atoms with van der Waals surface area (Å²) in [6, 6.07) is 5.78. The fourth-order valence-electron chi connectivity index (χ4n) is 2.28. The first-order valence-electron chi connectivity index (χ1n) is 6.35. The molecule has 1 aliphatic carbocycles. The number of hydrogen-bond acceptors (Lipinski definition) is 2. The zero-order valence-electron chi connectivity index (χ0n) is 9.99. The van der Waals surface area contributed by atoms with Crippen LogP contribution < -0.4 is 4.74 Å². The van der Waals surface area contributed by atoms with Gasteiger partial charge in [0.2, 0.25) is 0 Å². The summed E-state index contributed by atoms with van der Waals surface area (Å²) in [7, 11) is 0. The summed E-state index contributed by atoms with van der Waals surface area (Å²) in [4.78, 5) is 0. The van der Waals surface area contributed by atoms with Crippen LogP contribution in [0.3, 0.4) is 0 Å². The number of rotatable bonds is 3. The molecule has 17 heavy (non-hydrogen) atoms. The normalized spacial score (nSPS) is 17.8. The molecule has 0 aromatic heterocycles. The van der Waals surface area contributed by atoms with E-state index in [0.29, 0.717) is 6.10 Å². The van der Waals surface area contributed by atoms with Crippen LogP contribution in [0, 0.1) is 0 Å². The molecule has 1 saturated carbocycles. The van der Waals surface area contributed by atoms with Gasteiger partial charge in [0.05, 0.1) is 17.2 Å². The molecular formula is C14H19BrO2. The number of ether oxygens (including phenoxy) is 1. The minimum Gasteiger partial charge on any atom is -0.489 e. The molecular weight excluding hydrogens is 280 g/mol. The van der Waals surface area contributed by atoms with Crippen molar-refractivity contribution in [1.82, 2.24) is 0 Å². The highest BCUT2D eigenvalue weighted by atomic mass is 79.9. The lowest BCUT2D eigenvalue weighted by atomic mass is 10.1. The predicted molar refractivity (Wildman–Crippen MR) is 72.2 cm³/mol. The summed E-state index contributed by atoms with van der Waals surface area (Å²) in [5.74, 6) is 0.897. The van der Waals surface area contributed by atoms with Gasteiger partial charge in [0, 0.05) is 0 Å². The van der Waals surface area contributed by atoms with Gasteiger partial charge in [-0.3, -0.25) is 0 Å². The van der Waals surface area contributed by atoms with Crippen LogP contribution in [0.1, 0.15) is 44.1 Å². The summed E-state index contributed by atoms with van der Waals surface area (Å²) in [6.07, 6.45) is 7.90. The van der Waals surface area contributed by atoms with Crippen LogP contribution in [-0.2, 0) is 6.61 Å². The Morgan fingerprint density at radius 3 is 2.47 bits per heavy atom. The Morgan fingerprint density at radius 1 is 1.18 bits per heavy atom. The first-order chi connectivity index (χ1) is 8.29. The van der Waals surface area contributed by atoms with Crippen molar-refractivity contribution < 1.29 is 9.84 Å². The van der Waals surface area contributed by atoms with Gasteiger partial charge >= 0.3 is 0 Å². The van der Waals surface area contributed by atoms with Crippen LogP contribution in [0.25, 0.3) is 0 Å². The van der Waals surface area contributed by atoms with Crippen molar-refractivity contribution in [3.05, 3.63) is 28.2 Å². The monoisotopic (exact) mass is 298 g/mol. The Balaban J connectivity index is 2.01. The SMILES string of the molecule is OCc1ccc(OC2CCCCCC2)c(Br)c1. The van der Waals surface area contributed by atoms with Crippen molar-refractivity contribution in [3.8, 4) is 5.75 Å². The number of halogens is 1.